The van der Waals surface area contributed by atoms with Crippen LogP contribution in [0.4, 0.5) is 5.69 Å². The first-order chi connectivity index (χ1) is 11.1. The third-order valence-corrected chi connectivity index (χ3v) is 5.17. The molecule has 0 saturated heterocycles. The molecule has 0 unspecified atom stereocenters. The summed E-state index contributed by atoms with van der Waals surface area (Å²) in [6.45, 7) is 0.638. The molecule has 1 fully saturated rings. The van der Waals surface area contributed by atoms with Gasteiger partial charge in [-0.3, -0.25) is 9.59 Å². The number of rotatable bonds is 2. The Morgan fingerprint density at radius 3 is 2.74 bits per heavy atom. The fraction of sp³-hybridized carbons (Fsp3) is 0.556. The van der Waals surface area contributed by atoms with Gasteiger partial charge in [0.2, 0.25) is 11.8 Å². The number of carbonyl (C=O) groups is 2. The largest absolute Gasteiger partial charge is 0.329 e. The maximum absolute atomic E-state index is 12.7. The molecule has 1 saturated carbocycles. The van der Waals surface area contributed by atoms with Crippen molar-refractivity contribution in [3.63, 3.8) is 0 Å². The smallest absolute Gasteiger partial charge is 0.246 e. The monoisotopic (exact) mass is 315 g/mol. The summed E-state index contributed by atoms with van der Waals surface area (Å²) in [5.74, 6) is 0.254. The van der Waals surface area contributed by atoms with Gasteiger partial charge in [-0.05, 0) is 30.4 Å². The highest BCUT2D eigenvalue weighted by atomic mass is 16.2. The molecule has 0 bridgehead atoms. The van der Waals surface area contributed by atoms with Crippen molar-refractivity contribution in [2.24, 2.45) is 11.7 Å². The van der Waals surface area contributed by atoms with Crippen LogP contribution < -0.4 is 10.6 Å². The molecule has 2 N–H and O–H groups in total. The van der Waals surface area contributed by atoms with E-state index in [0.29, 0.717) is 13.0 Å². The predicted molar refractivity (Wildman–Crippen MR) is 89.8 cm³/mol. The molecule has 0 aromatic heterocycles. The molecule has 23 heavy (non-hydrogen) atoms. The Kier molecular flexibility index (Phi) is 4.66. The van der Waals surface area contributed by atoms with E-state index in [4.69, 9.17) is 5.73 Å². The van der Waals surface area contributed by atoms with Crippen LogP contribution in [0.2, 0.25) is 0 Å². The highest BCUT2D eigenvalue weighted by Gasteiger charge is 2.30. The topological polar surface area (TPSA) is 66.6 Å². The molecule has 1 aromatic rings. The van der Waals surface area contributed by atoms with Crippen LogP contribution in [0, 0.1) is 5.92 Å². The minimum absolute atomic E-state index is 0.0451. The number of nitrogens with zero attached hydrogens (tertiary/aromatic N) is 2. The number of likely N-dealkylation sites (N-methyl/N-ethyl adjacent to an activating group) is 1. The van der Waals surface area contributed by atoms with E-state index in [1.165, 1.54) is 0 Å². The van der Waals surface area contributed by atoms with Crippen LogP contribution >= 0.6 is 0 Å². The average molecular weight is 315 g/mol. The third-order valence-electron chi connectivity index (χ3n) is 5.17. The second-order valence-corrected chi connectivity index (χ2v) is 6.74. The third kappa shape index (κ3) is 3.39. The van der Waals surface area contributed by atoms with Crippen molar-refractivity contribution in [2.75, 3.05) is 18.5 Å². The van der Waals surface area contributed by atoms with Crippen LogP contribution in [0.15, 0.2) is 24.3 Å². The van der Waals surface area contributed by atoms with Gasteiger partial charge in [-0.1, -0.05) is 31.0 Å². The summed E-state index contributed by atoms with van der Waals surface area (Å²) in [6.07, 6.45) is 4.79. The Morgan fingerprint density at radius 1 is 1.22 bits per heavy atom. The molecule has 1 heterocycles. The SMILES string of the molecule is CN1C(=O)CN(C(=O)C[C@@H]2CCCC[C@@H]2N)Cc2ccccc21. The zero-order valence-electron chi connectivity index (χ0n) is 13.7. The summed E-state index contributed by atoms with van der Waals surface area (Å²) in [5, 5.41) is 0. The van der Waals surface area contributed by atoms with Gasteiger partial charge in [-0.2, -0.15) is 0 Å². The van der Waals surface area contributed by atoms with Gasteiger partial charge in [0.1, 0.15) is 6.54 Å². The highest BCUT2D eigenvalue weighted by Crippen LogP contribution is 2.28. The van der Waals surface area contributed by atoms with E-state index in [9.17, 15) is 9.59 Å². The lowest BCUT2D eigenvalue weighted by Crippen LogP contribution is -2.41. The van der Waals surface area contributed by atoms with Crippen molar-refractivity contribution in [2.45, 2.75) is 44.7 Å². The Labute approximate surface area is 137 Å². The van der Waals surface area contributed by atoms with Crippen molar-refractivity contribution in [1.29, 1.82) is 0 Å². The van der Waals surface area contributed by atoms with Crippen molar-refractivity contribution >= 4 is 17.5 Å². The van der Waals surface area contributed by atoms with E-state index < -0.39 is 0 Å². The first-order valence-electron chi connectivity index (χ1n) is 8.44. The molecule has 1 aromatic carbocycles. The summed E-state index contributed by atoms with van der Waals surface area (Å²) in [5.41, 5.74) is 8.07. The van der Waals surface area contributed by atoms with E-state index in [2.05, 4.69) is 0 Å². The summed E-state index contributed by atoms with van der Waals surface area (Å²) >= 11 is 0. The molecule has 2 amide bonds. The number of carbonyl (C=O) groups excluding carboxylic acids is 2. The van der Waals surface area contributed by atoms with E-state index in [-0.39, 0.29) is 30.3 Å². The molecule has 1 aliphatic heterocycles. The van der Waals surface area contributed by atoms with Crippen LogP contribution in [-0.4, -0.2) is 36.3 Å². The standard InChI is InChI=1S/C18H25N3O2/c1-20-16-9-5-3-7-14(16)11-21(12-18(20)23)17(22)10-13-6-2-4-8-15(13)19/h3,5,7,9,13,15H,2,4,6,8,10-12,19H2,1H3/t13-,15-/m0/s1. The molecule has 2 atom stereocenters. The molecule has 0 radical (unpaired) electrons. The number of fused-ring (bicyclic) bond motifs is 1. The summed E-state index contributed by atoms with van der Waals surface area (Å²) in [7, 11) is 1.77. The van der Waals surface area contributed by atoms with Crippen LogP contribution in [0.25, 0.3) is 0 Å². The van der Waals surface area contributed by atoms with E-state index in [0.717, 1.165) is 36.9 Å². The quantitative estimate of drug-likeness (QED) is 0.906. The Balaban J connectivity index is 1.75. The second-order valence-electron chi connectivity index (χ2n) is 6.74. The Morgan fingerprint density at radius 2 is 1.96 bits per heavy atom. The number of benzene rings is 1. The molecular weight excluding hydrogens is 290 g/mol. The van der Waals surface area contributed by atoms with Crippen LogP contribution in [0.3, 0.4) is 0 Å². The number of amides is 2. The minimum atomic E-state index is -0.0451. The van der Waals surface area contributed by atoms with Crippen molar-refractivity contribution < 1.29 is 9.59 Å². The van der Waals surface area contributed by atoms with Gasteiger partial charge < -0.3 is 15.5 Å². The maximum Gasteiger partial charge on any atom is 0.246 e. The summed E-state index contributed by atoms with van der Waals surface area (Å²) in [6, 6.07) is 7.89. The van der Waals surface area contributed by atoms with Gasteiger partial charge in [-0.15, -0.1) is 0 Å². The predicted octanol–water partition coefficient (Wildman–Crippen LogP) is 1.90. The second kappa shape index (κ2) is 6.71. The number of anilines is 1. The molecule has 5 nitrogen and oxygen atoms in total. The number of para-hydroxylation sites is 1. The van der Waals surface area contributed by atoms with Gasteiger partial charge in [0.05, 0.1) is 0 Å². The molecule has 124 valence electrons. The number of hydrogen-bond acceptors (Lipinski definition) is 3. The normalized spacial score (nSPS) is 25.0. The molecule has 5 heteroatoms. The molecular formula is C18H25N3O2. The fourth-order valence-electron chi connectivity index (χ4n) is 3.66. The van der Waals surface area contributed by atoms with Gasteiger partial charge in [0.15, 0.2) is 0 Å². The first kappa shape index (κ1) is 16.0. The molecule has 1 aliphatic carbocycles. The lowest BCUT2D eigenvalue weighted by atomic mass is 9.82. The average Bonchev–Trinajstić information content (AvgIpc) is 2.67. The highest BCUT2D eigenvalue weighted by molar-refractivity contribution is 5.98. The Bertz CT molecular complexity index is 602. The zero-order chi connectivity index (χ0) is 16.4. The van der Waals surface area contributed by atoms with Crippen molar-refractivity contribution in [1.82, 2.24) is 4.90 Å². The van der Waals surface area contributed by atoms with Crippen LogP contribution in [0.5, 0.6) is 0 Å². The van der Waals surface area contributed by atoms with Crippen molar-refractivity contribution in [3.05, 3.63) is 29.8 Å². The molecule has 0 spiro atoms. The summed E-state index contributed by atoms with van der Waals surface area (Å²) < 4.78 is 0. The Hall–Kier alpha value is -1.88. The van der Waals surface area contributed by atoms with Gasteiger partial charge in [0.25, 0.3) is 0 Å². The minimum Gasteiger partial charge on any atom is -0.329 e. The first-order valence-corrected chi connectivity index (χ1v) is 8.44. The zero-order valence-corrected chi connectivity index (χ0v) is 13.7. The van der Waals surface area contributed by atoms with Gasteiger partial charge >= 0.3 is 0 Å². The molecule has 2 aliphatic rings. The summed E-state index contributed by atoms with van der Waals surface area (Å²) in [4.78, 5) is 28.4. The van der Waals surface area contributed by atoms with E-state index in [1.54, 1.807) is 16.8 Å². The van der Waals surface area contributed by atoms with Crippen LogP contribution in [0.1, 0.15) is 37.7 Å². The fourth-order valence-corrected chi connectivity index (χ4v) is 3.66. The van der Waals surface area contributed by atoms with Gasteiger partial charge in [-0.25, -0.2) is 0 Å². The molecule has 3 rings (SSSR count). The maximum atomic E-state index is 12.7. The van der Waals surface area contributed by atoms with Crippen molar-refractivity contribution in [3.8, 4) is 0 Å². The lowest BCUT2D eigenvalue weighted by Gasteiger charge is -2.30. The van der Waals surface area contributed by atoms with E-state index in [1.807, 2.05) is 24.3 Å². The number of hydrogen-bond donors (Lipinski definition) is 1. The van der Waals surface area contributed by atoms with Crippen LogP contribution in [-0.2, 0) is 16.1 Å². The van der Waals surface area contributed by atoms with Gasteiger partial charge in [0, 0.05) is 31.7 Å². The lowest BCUT2D eigenvalue weighted by molar-refractivity contribution is -0.136. The number of nitrogens with two attached hydrogens (primary N) is 1. The van der Waals surface area contributed by atoms with E-state index >= 15 is 0 Å².